The molecule has 1 aromatic heterocycles. The zero-order valence-corrected chi connectivity index (χ0v) is 14.2. The molecule has 1 aliphatic heterocycles. The first-order valence-electron chi connectivity index (χ1n) is 8.08. The topological polar surface area (TPSA) is 58.6 Å². The summed E-state index contributed by atoms with van der Waals surface area (Å²) in [4.78, 5) is 26.4. The van der Waals surface area contributed by atoms with Gasteiger partial charge in [-0.1, -0.05) is 6.07 Å². The predicted molar refractivity (Wildman–Crippen MR) is 95.7 cm³/mol. The number of anilines is 2. The van der Waals surface area contributed by atoms with E-state index in [-0.39, 0.29) is 12.5 Å². The van der Waals surface area contributed by atoms with Gasteiger partial charge in [0, 0.05) is 24.5 Å². The van der Waals surface area contributed by atoms with E-state index in [2.05, 4.69) is 10.2 Å². The summed E-state index contributed by atoms with van der Waals surface area (Å²) in [5.74, 6) is -0.814. The van der Waals surface area contributed by atoms with Gasteiger partial charge in [-0.2, -0.15) is 0 Å². The maximum atomic E-state index is 11.9. The van der Waals surface area contributed by atoms with Gasteiger partial charge in [-0.25, -0.2) is 4.79 Å². The lowest BCUT2D eigenvalue weighted by Gasteiger charge is -2.28. The Bertz CT molecular complexity index is 677. The number of piperidine rings is 1. The Hall–Kier alpha value is -2.34. The van der Waals surface area contributed by atoms with E-state index >= 15 is 0 Å². The van der Waals surface area contributed by atoms with Crippen LogP contribution < -0.4 is 10.2 Å². The van der Waals surface area contributed by atoms with E-state index in [1.165, 1.54) is 36.3 Å². The molecule has 0 atom stereocenters. The van der Waals surface area contributed by atoms with Crippen molar-refractivity contribution >= 4 is 34.6 Å². The van der Waals surface area contributed by atoms with Crippen molar-refractivity contribution in [3.8, 4) is 0 Å². The second-order valence-electron chi connectivity index (χ2n) is 5.70. The van der Waals surface area contributed by atoms with Gasteiger partial charge in [-0.15, -0.1) is 11.3 Å². The number of thiophene rings is 1. The summed E-state index contributed by atoms with van der Waals surface area (Å²) in [5, 5.41) is 4.53. The van der Waals surface area contributed by atoms with Gasteiger partial charge in [0.25, 0.3) is 5.91 Å². The van der Waals surface area contributed by atoms with E-state index in [1.54, 1.807) is 17.5 Å². The van der Waals surface area contributed by atoms with Crippen LogP contribution in [0.2, 0.25) is 0 Å². The molecule has 1 N–H and O–H groups in total. The molecule has 1 fully saturated rings. The van der Waals surface area contributed by atoms with Gasteiger partial charge in [-0.3, -0.25) is 4.79 Å². The van der Waals surface area contributed by atoms with Gasteiger partial charge in [0.05, 0.1) is 0 Å². The van der Waals surface area contributed by atoms with Crippen molar-refractivity contribution in [2.75, 3.05) is 29.9 Å². The van der Waals surface area contributed by atoms with Crippen molar-refractivity contribution in [2.45, 2.75) is 19.3 Å². The second kappa shape index (κ2) is 7.97. The van der Waals surface area contributed by atoms with Crippen LogP contribution in [0, 0.1) is 0 Å². The third-order valence-corrected chi connectivity index (χ3v) is 4.78. The van der Waals surface area contributed by atoms with Crippen LogP contribution >= 0.6 is 11.3 Å². The minimum absolute atomic E-state index is 0.287. The summed E-state index contributed by atoms with van der Waals surface area (Å²) in [5.41, 5.74) is 1.88. The number of benzene rings is 1. The van der Waals surface area contributed by atoms with Crippen LogP contribution in [-0.2, 0) is 9.53 Å². The summed E-state index contributed by atoms with van der Waals surface area (Å²) < 4.78 is 4.99. The maximum Gasteiger partial charge on any atom is 0.348 e. The molecule has 0 bridgehead atoms. The molecule has 126 valence electrons. The molecule has 0 unspecified atom stereocenters. The van der Waals surface area contributed by atoms with Gasteiger partial charge in [-0.05, 0) is 55.0 Å². The minimum atomic E-state index is -0.472. The van der Waals surface area contributed by atoms with Crippen LogP contribution in [0.25, 0.3) is 0 Å². The highest BCUT2D eigenvalue weighted by Gasteiger charge is 2.12. The molecule has 0 radical (unpaired) electrons. The molecule has 2 heterocycles. The molecular weight excluding hydrogens is 324 g/mol. The van der Waals surface area contributed by atoms with Crippen LogP contribution in [0.1, 0.15) is 28.9 Å². The highest BCUT2D eigenvalue weighted by Crippen LogP contribution is 2.21. The van der Waals surface area contributed by atoms with E-state index in [9.17, 15) is 9.59 Å². The normalized spacial score (nSPS) is 14.2. The van der Waals surface area contributed by atoms with Gasteiger partial charge in [0.15, 0.2) is 6.61 Å². The third kappa shape index (κ3) is 4.35. The molecule has 2 aromatic rings. The smallest absolute Gasteiger partial charge is 0.348 e. The van der Waals surface area contributed by atoms with Gasteiger partial charge in [0.1, 0.15) is 4.88 Å². The molecule has 5 nitrogen and oxygen atoms in total. The third-order valence-electron chi connectivity index (χ3n) is 3.93. The highest BCUT2D eigenvalue weighted by molar-refractivity contribution is 7.11. The number of ether oxygens (including phenoxy) is 1. The molecule has 0 saturated carbocycles. The number of amides is 1. The summed E-state index contributed by atoms with van der Waals surface area (Å²) in [7, 11) is 0. The predicted octanol–water partition coefficient (Wildman–Crippen LogP) is 3.53. The number of esters is 1. The maximum absolute atomic E-state index is 11.9. The van der Waals surface area contributed by atoms with E-state index in [1.807, 2.05) is 24.3 Å². The quantitative estimate of drug-likeness (QED) is 0.843. The zero-order valence-electron chi connectivity index (χ0n) is 13.4. The summed E-state index contributed by atoms with van der Waals surface area (Å²) >= 11 is 1.29. The molecule has 1 aliphatic rings. The lowest BCUT2D eigenvalue weighted by Crippen LogP contribution is -2.29. The van der Waals surface area contributed by atoms with Gasteiger partial charge < -0.3 is 15.0 Å². The lowest BCUT2D eigenvalue weighted by molar-refractivity contribution is -0.119. The summed E-state index contributed by atoms with van der Waals surface area (Å²) in [6.45, 7) is 1.89. The van der Waals surface area contributed by atoms with Crippen LogP contribution in [-0.4, -0.2) is 31.6 Å². The number of nitrogens with zero attached hydrogens (tertiary/aromatic N) is 1. The second-order valence-corrected chi connectivity index (χ2v) is 6.64. The largest absolute Gasteiger partial charge is 0.451 e. The number of carbonyl (C=O) groups excluding carboxylic acids is 2. The van der Waals surface area contributed by atoms with Crippen molar-refractivity contribution in [3.05, 3.63) is 46.7 Å². The van der Waals surface area contributed by atoms with Gasteiger partial charge >= 0.3 is 5.97 Å². The first-order chi connectivity index (χ1) is 11.7. The van der Waals surface area contributed by atoms with Crippen LogP contribution in [0.15, 0.2) is 41.8 Å². The van der Waals surface area contributed by atoms with Crippen molar-refractivity contribution in [2.24, 2.45) is 0 Å². The number of hydrogen-bond donors (Lipinski definition) is 1. The fourth-order valence-corrected chi connectivity index (χ4v) is 3.32. The van der Waals surface area contributed by atoms with Crippen LogP contribution in [0.5, 0.6) is 0 Å². The van der Waals surface area contributed by atoms with Crippen molar-refractivity contribution in [3.63, 3.8) is 0 Å². The Kier molecular flexibility index (Phi) is 5.48. The average Bonchev–Trinajstić information content (AvgIpc) is 3.16. The molecule has 3 rings (SSSR count). The molecule has 0 spiro atoms. The Balaban J connectivity index is 1.48. The van der Waals surface area contributed by atoms with E-state index in [0.29, 0.717) is 10.6 Å². The Morgan fingerprint density at radius 2 is 1.83 bits per heavy atom. The molecule has 1 amide bonds. The molecular formula is C18H20N2O3S. The average molecular weight is 344 g/mol. The van der Waals surface area contributed by atoms with E-state index < -0.39 is 5.97 Å². The molecule has 24 heavy (non-hydrogen) atoms. The Labute approximate surface area is 145 Å². The first kappa shape index (κ1) is 16.5. The molecule has 6 heteroatoms. The van der Waals surface area contributed by atoms with Crippen LogP contribution in [0.4, 0.5) is 11.4 Å². The standard InChI is InChI=1S/C18H20N2O3S/c21-17(13-23-18(22)16-5-4-12-24-16)19-14-6-8-15(9-7-14)20-10-2-1-3-11-20/h4-9,12H,1-3,10-11,13H2,(H,19,21). The number of carbonyl (C=O) groups is 2. The van der Waals surface area contributed by atoms with Crippen LogP contribution in [0.3, 0.4) is 0 Å². The Morgan fingerprint density at radius 3 is 2.50 bits per heavy atom. The zero-order chi connectivity index (χ0) is 16.8. The molecule has 0 aliphatic carbocycles. The molecule has 1 saturated heterocycles. The first-order valence-corrected chi connectivity index (χ1v) is 8.96. The monoisotopic (exact) mass is 344 g/mol. The summed E-state index contributed by atoms with van der Waals surface area (Å²) in [6.07, 6.45) is 3.76. The van der Waals surface area contributed by atoms with Crippen molar-refractivity contribution < 1.29 is 14.3 Å². The highest BCUT2D eigenvalue weighted by atomic mass is 32.1. The molecule has 1 aromatic carbocycles. The number of rotatable bonds is 5. The van der Waals surface area contributed by atoms with E-state index in [0.717, 1.165) is 13.1 Å². The van der Waals surface area contributed by atoms with Gasteiger partial charge in [0.2, 0.25) is 0 Å². The lowest BCUT2D eigenvalue weighted by atomic mass is 10.1. The Morgan fingerprint density at radius 1 is 1.08 bits per heavy atom. The van der Waals surface area contributed by atoms with Crippen molar-refractivity contribution in [1.82, 2.24) is 0 Å². The number of hydrogen-bond acceptors (Lipinski definition) is 5. The number of nitrogens with one attached hydrogen (secondary N) is 1. The SMILES string of the molecule is O=C(COC(=O)c1cccs1)Nc1ccc(N2CCCCC2)cc1. The van der Waals surface area contributed by atoms with Crippen molar-refractivity contribution in [1.29, 1.82) is 0 Å². The fourth-order valence-electron chi connectivity index (χ4n) is 2.70. The summed E-state index contributed by atoms with van der Waals surface area (Å²) in [6, 6.07) is 11.2. The fraction of sp³-hybridized carbons (Fsp3) is 0.333. The minimum Gasteiger partial charge on any atom is -0.451 e. The van der Waals surface area contributed by atoms with E-state index in [4.69, 9.17) is 4.74 Å².